The van der Waals surface area contributed by atoms with Crippen molar-refractivity contribution >= 4 is 11.6 Å². The summed E-state index contributed by atoms with van der Waals surface area (Å²) in [5.74, 6) is 1.39. The smallest absolute Gasteiger partial charge is 0.150 e. The van der Waals surface area contributed by atoms with E-state index < -0.39 is 0 Å². The lowest BCUT2D eigenvalue weighted by Gasteiger charge is -2.02. The molecule has 0 saturated heterocycles. The third-order valence-corrected chi connectivity index (χ3v) is 1.62. The van der Waals surface area contributed by atoms with Gasteiger partial charge in [0.2, 0.25) is 0 Å². The molecule has 2 heterocycles. The lowest BCUT2D eigenvalue weighted by atomic mass is 10.4. The molecule has 5 nitrogen and oxygen atoms in total. The molecule has 0 spiro atoms. The molecule has 0 saturated carbocycles. The second-order valence-electron chi connectivity index (χ2n) is 2.76. The molecular formula is C9H9N5. The molecule has 0 aliphatic rings. The summed E-state index contributed by atoms with van der Waals surface area (Å²) in [6.07, 6.45) is 6.39. The molecule has 2 aromatic heterocycles. The molecule has 2 rings (SSSR count). The van der Waals surface area contributed by atoms with Crippen LogP contribution in [0.15, 0.2) is 31.0 Å². The van der Waals surface area contributed by atoms with Crippen molar-refractivity contribution in [1.29, 1.82) is 0 Å². The standard InChI is InChI=1S/C9H9N5/c1-7-4-8(13-6-12-7)14-9-5-10-2-3-11-9/h2-6H,1H3,(H,11,12,13,14). The van der Waals surface area contributed by atoms with Crippen molar-refractivity contribution < 1.29 is 0 Å². The van der Waals surface area contributed by atoms with E-state index in [0.717, 1.165) is 11.5 Å². The topological polar surface area (TPSA) is 63.6 Å². The molecular weight excluding hydrogens is 178 g/mol. The highest BCUT2D eigenvalue weighted by atomic mass is 15.1. The highest BCUT2D eigenvalue weighted by molar-refractivity contribution is 5.49. The normalized spacial score (nSPS) is 9.79. The number of rotatable bonds is 2. The lowest BCUT2D eigenvalue weighted by Crippen LogP contribution is -1.97. The van der Waals surface area contributed by atoms with E-state index in [-0.39, 0.29) is 0 Å². The van der Waals surface area contributed by atoms with Gasteiger partial charge in [-0.3, -0.25) is 4.98 Å². The molecule has 1 N–H and O–H groups in total. The SMILES string of the molecule is Cc1cc(Nc2cnccn2)ncn1. The minimum Gasteiger partial charge on any atom is -0.324 e. The molecule has 2 aromatic rings. The Hall–Kier alpha value is -2.04. The first-order valence-electron chi connectivity index (χ1n) is 4.16. The molecule has 0 aliphatic heterocycles. The van der Waals surface area contributed by atoms with Crippen molar-refractivity contribution in [2.45, 2.75) is 6.92 Å². The molecule has 0 unspecified atom stereocenters. The fourth-order valence-electron chi connectivity index (χ4n) is 1.02. The van der Waals surface area contributed by atoms with Gasteiger partial charge in [0.15, 0.2) is 0 Å². The summed E-state index contributed by atoms with van der Waals surface area (Å²) in [5.41, 5.74) is 0.909. The second kappa shape index (κ2) is 3.78. The molecule has 0 fully saturated rings. The van der Waals surface area contributed by atoms with Crippen LogP contribution in [0.1, 0.15) is 5.69 Å². The Labute approximate surface area is 81.3 Å². The Kier molecular flexibility index (Phi) is 2.31. The first kappa shape index (κ1) is 8.55. The van der Waals surface area contributed by atoms with Crippen molar-refractivity contribution in [3.63, 3.8) is 0 Å². The van der Waals surface area contributed by atoms with Gasteiger partial charge < -0.3 is 5.32 Å². The van der Waals surface area contributed by atoms with Gasteiger partial charge in [0, 0.05) is 24.2 Å². The Bertz CT molecular complexity index is 415. The van der Waals surface area contributed by atoms with Crippen LogP contribution in [0, 0.1) is 6.92 Å². The Morgan fingerprint density at radius 1 is 1.07 bits per heavy atom. The van der Waals surface area contributed by atoms with Crippen molar-refractivity contribution in [2.24, 2.45) is 0 Å². The van der Waals surface area contributed by atoms with E-state index in [0.29, 0.717) is 5.82 Å². The van der Waals surface area contributed by atoms with Crippen LogP contribution >= 0.6 is 0 Å². The van der Waals surface area contributed by atoms with Gasteiger partial charge in [-0.2, -0.15) is 0 Å². The number of nitrogens with one attached hydrogen (secondary N) is 1. The summed E-state index contributed by atoms with van der Waals surface area (Å²) < 4.78 is 0. The summed E-state index contributed by atoms with van der Waals surface area (Å²) in [4.78, 5) is 16.0. The molecule has 0 atom stereocenters. The predicted molar refractivity (Wildman–Crippen MR) is 52.1 cm³/mol. The summed E-state index contributed by atoms with van der Waals surface area (Å²) in [7, 11) is 0. The van der Waals surface area contributed by atoms with Gasteiger partial charge >= 0.3 is 0 Å². The Morgan fingerprint density at radius 3 is 2.71 bits per heavy atom. The van der Waals surface area contributed by atoms with Gasteiger partial charge in [-0.1, -0.05) is 0 Å². The van der Waals surface area contributed by atoms with Crippen LogP contribution in [0.3, 0.4) is 0 Å². The minimum absolute atomic E-state index is 0.672. The Morgan fingerprint density at radius 2 is 2.00 bits per heavy atom. The molecule has 5 heteroatoms. The zero-order chi connectivity index (χ0) is 9.80. The van der Waals surface area contributed by atoms with Gasteiger partial charge in [-0.25, -0.2) is 15.0 Å². The summed E-state index contributed by atoms with van der Waals surface area (Å²) in [5, 5.41) is 3.02. The van der Waals surface area contributed by atoms with Crippen LogP contribution in [0.4, 0.5) is 11.6 Å². The molecule has 0 radical (unpaired) electrons. The average molecular weight is 187 g/mol. The Balaban J connectivity index is 2.19. The van der Waals surface area contributed by atoms with Crippen LogP contribution < -0.4 is 5.32 Å². The van der Waals surface area contributed by atoms with Gasteiger partial charge in [-0.05, 0) is 6.92 Å². The summed E-state index contributed by atoms with van der Waals surface area (Å²) in [6.45, 7) is 1.91. The van der Waals surface area contributed by atoms with E-state index in [1.54, 1.807) is 18.6 Å². The van der Waals surface area contributed by atoms with E-state index in [4.69, 9.17) is 0 Å². The molecule has 0 aliphatic carbocycles. The predicted octanol–water partition coefficient (Wildman–Crippen LogP) is 1.32. The number of nitrogens with zero attached hydrogens (tertiary/aromatic N) is 4. The molecule has 70 valence electrons. The van der Waals surface area contributed by atoms with Crippen LogP contribution in [0.5, 0.6) is 0 Å². The van der Waals surface area contributed by atoms with E-state index in [1.807, 2.05) is 13.0 Å². The number of hydrogen-bond donors (Lipinski definition) is 1. The summed E-state index contributed by atoms with van der Waals surface area (Å²) >= 11 is 0. The van der Waals surface area contributed by atoms with Crippen LogP contribution in [-0.4, -0.2) is 19.9 Å². The minimum atomic E-state index is 0.672. The van der Waals surface area contributed by atoms with E-state index in [9.17, 15) is 0 Å². The highest BCUT2D eigenvalue weighted by Crippen LogP contribution is 2.09. The van der Waals surface area contributed by atoms with Gasteiger partial charge in [-0.15, -0.1) is 0 Å². The fourth-order valence-corrected chi connectivity index (χ4v) is 1.02. The molecule has 0 bridgehead atoms. The highest BCUT2D eigenvalue weighted by Gasteiger charge is 1.96. The first-order chi connectivity index (χ1) is 6.84. The van der Waals surface area contributed by atoms with Crippen molar-refractivity contribution in [3.05, 3.63) is 36.7 Å². The largest absolute Gasteiger partial charge is 0.324 e. The number of hydrogen-bond acceptors (Lipinski definition) is 5. The monoisotopic (exact) mass is 187 g/mol. The third kappa shape index (κ3) is 2.01. The zero-order valence-electron chi connectivity index (χ0n) is 7.68. The van der Waals surface area contributed by atoms with Gasteiger partial charge in [0.25, 0.3) is 0 Å². The maximum Gasteiger partial charge on any atom is 0.150 e. The van der Waals surface area contributed by atoms with Crippen LogP contribution in [-0.2, 0) is 0 Å². The molecule has 0 amide bonds. The van der Waals surface area contributed by atoms with E-state index in [2.05, 4.69) is 25.3 Å². The fraction of sp³-hybridized carbons (Fsp3) is 0.111. The average Bonchev–Trinajstić information content (AvgIpc) is 2.19. The maximum atomic E-state index is 4.07. The van der Waals surface area contributed by atoms with E-state index in [1.165, 1.54) is 6.33 Å². The number of anilines is 2. The van der Waals surface area contributed by atoms with Crippen LogP contribution in [0.2, 0.25) is 0 Å². The second-order valence-corrected chi connectivity index (χ2v) is 2.76. The van der Waals surface area contributed by atoms with Crippen molar-refractivity contribution in [1.82, 2.24) is 19.9 Å². The zero-order valence-corrected chi connectivity index (χ0v) is 7.68. The number of aromatic nitrogens is 4. The van der Waals surface area contributed by atoms with E-state index >= 15 is 0 Å². The third-order valence-electron chi connectivity index (χ3n) is 1.62. The lowest BCUT2D eigenvalue weighted by molar-refractivity contribution is 1.09. The first-order valence-corrected chi connectivity index (χ1v) is 4.16. The van der Waals surface area contributed by atoms with Gasteiger partial charge in [0.05, 0.1) is 6.20 Å². The quantitative estimate of drug-likeness (QED) is 0.768. The van der Waals surface area contributed by atoms with Crippen molar-refractivity contribution in [2.75, 3.05) is 5.32 Å². The summed E-state index contributed by atoms with van der Waals surface area (Å²) in [6, 6.07) is 1.84. The molecule has 0 aromatic carbocycles. The number of aryl methyl sites for hydroxylation is 1. The van der Waals surface area contributed by atoms with Gasteiger partial charge in [0.1, 0.15) is 18.0 Å². The molecule has 14 heavy (non-hydrogen) atoms. The van der Waals surface area contributed by atoms with Crippen LogP contribution in [0.25, 0.3) is 0 Å². The maximum absolute atomic E-state index is 4.07. The van der Waals surface area contributed by atoms with Crippen molar-refractivity contribution in [3.8, 4) is 0 Å².